The molecule has 0 radical (unpaired) electrons. The predicted molar refractivity (Wildman–Crippen MR) is 116 cm³/mol. The fraction of sp³-hybridized carbons (Fsp3) is 0.760. The van der Waals surface area contributed by atoms with Crippen molar-refractivity contribution in [2.75, 3.05) is 0 Å². The van der Waals surface area contributed by atoms with Gasteiger partial charge >= 0.3 is 0 Å². The summed E-state index contributed by atoms with van der Waals surface area (Å²) in [4.78, 5) is 0. The predicted octanol–water partition coefficient (Wildman–Crippen LogP) is 7.28. The summed E-state index contributed by atoms with van der Waals surface area (Å²) in [5.41, 5.74) is 4.12. The third-order valence-corrected chi connectivity index (χ3v) is 7.06. The van der Waals surface area contributed by atoms with Crippen LogP contribution in [0.3, 0.4) is 0 Å². The summed E-state index contributed by atoms with van der Waals surface area (Å²) < 4.78 is 6.54. The summed E-state index contributed by atoms with van der Waals surface area (Å²) in [6.45, 7) is 17.7. The molecule has 2 nitrogen and oxygen atoms in total. The molecule has 2 rings (SSSR count). The van der Waals surface area contributed by atoms with Crippen molar-refractivity contribution in [1.82, 2.24) is 0 Å². The summed E-state index contributed by atoms with van der Waals surface area (Å²) in [5, 5.41) is 10.4. The number of fused-ring (bicyclic) bond motifs is 1. The molecule has 2 heteroatoms. The summed E-state index contributed by atoms with van der Waals surface area (Å²) >= 11 is 0. The molecule has 0 aliphatic carbocycles. The molecule has 0 amide bonds. The van der Waals surface area contributed by atoms with Crippen LogP contribution in [0.15, 0.2) is 0 Å². The van der Waals surface area contributed by atoms with Crippen LogP contribution in [0.25, 0.3) is 0 Å². The van der Waals surface area contributed by atoms with Crippen LogP contribution in [0.2, 0.25) is 0 Å². The lowest BCUT2D eigenvalue weighted by Crippen LogP contribution is -2.38. The van der Waals surface area contributed by atoms with Gasteiger partial charge in [-0.2, -0.15) is 0 Å². The van der Waals surface area contributed by atoms with E-state index < -0.39 is 0 Å². The minimum absolute atomic E-state index is 0.154. The van der Waals surface area contributed by atoms with Crippen LogP contribution < -0.4 is 4.74 Å². The van der Waals surface area contributed by atoms with Crippen molar-refractivity contribution in [1.29, 1.82) is 0 Å². The Labute approximate surface area is 167 Å². The van der Waals surface area contributed by atoms with Crippen molar-refractivity contribution in [2.24, 2.45) is 17.8 Å². The van der Waals surface area contributed by atoms with E-state index in [1.165, 1.54) is 44.1 Å². The zero-order valence-corrected chi connectivity index (χ0v) is 19.0. The molecule has 1 heterocycles. The number of hydrogen-bond acceptors (Lipinski definition) is 2. The van der Waals surface area contributed by atoms with Crippen molar-refractivity contribution in [3.63, 3.8) is 0 Å². The highest BCUT2D eigenvalue weighted by atomic mass is 16.5. The van der Waals surface area contributed by atoms with Crippen LogP contribution in [-0.2, 0) is 6.42 Å². The molecule has 0 bridgehead atoms. The van der Waals surface area contributed by atoms with E-state index in [4.69, 9.17) is 4.74 Å². The van der Waals surface area contributed by atoms with Crippen LogP contribution in [0.5, 0.6) is 11.5 Å². The molecular formula is C25H42O2. The van der Waals surface area contributed by atoms with Gasteiger partial charge in [-0.25, -0.2) is 0 Å². The fourth-order valence-corrected chi connectivity index (χ4v) is 4.51. The van der Waals surface area contributed by atoms with Crippen LogP contribution in [0.1, 0.15) is 95.4 Å². The van der Waals surface area contributed by atoms with Gasteiger partial charge in [0.05, 0.1) is 0 Å². The normalized spacial score (nSPS) is 21.2. The molecule has 0 saturated carbocycles. The van der Waals surface area contributed by atoms with Gasteiger partial charge in [0.25, 0.3) is 0 Å². The number of aromatic hydroxyl groups is 1. The maximum Gasteiger partial charge on any atom is 0.127 e. The zero-order valence-electron chi connectivity index (χ0n) is 19.0. The van der Waals surface area contributed by atoms with Gasteiger partial charge in [0, 0.05) is 12.0 Å². The first-order chi connectivity index (χ1) is 12.6. The number of phenolic OH excluding ortho intramolecular Hbond substituents is 1. The molecule has 3 atom stereocenters. The Kier molecular flexibility index (Phi) is 7.27. The van der Waals surface area contributed by atoms with E-state index in [1.807, 2.05) is 13.8 Å². The van der Waals surface area contributed by atoms with Crippen molar-refractivity contribution >= 4 is 0 Å². The molecule has 1 aliphatic rings. The van der Waals surface area contributed by atoms with Gasteiger partial charge in [-0.3, -0.25) is 0 Å². The van der Waals surface area contributed by atoms with Gasteiger partial charge in [-0.15, -0.1) is 0 Å². The molecule has 154 valence electrons. The van der Waals surface area contributed by atoms with Crippen LogP contribution in [-0.4, -0.2) is 10.7 Å². The average molecular weight is 375 g/mol. The van der Waals surface area contributed by atoms with Gasteiger partial charge < -0.3 is 9.84 Å². The van der Waals surface area contributed by atoms with Gasteiger partial charge in [-0.05, 0) is 68.6 Å². The van der Waals surface area contributed by atoms with Crippen LogP contribution in [0, 0.1) is 38.5 Å². The van der Waals surface area contributed by atoms with Gasteiger partial charge in [0.1, 0.15) is 17.1 Å². The lowest BCUT2D eigenvalue weighted by atomic mass is 9.81. The van der Waals surface area contributed by atoms with Crippen LogP contribution >= 0.6 is 0 Å². The molecule has 0 spiro atoms. The van der Waals surface area contributed by atoms with Gasteiger partial charge in [0.2, 0.25) is 0 Å². The Morgan fingerprint density at radius 2 is 1.48 bits per heavy atom. The summed E-state index contributed by atoms with van der Waals surface area (Å²) in [7, 11) is 0. The smallest absolute Gasteiger partial charge is 0.127 e. The number of hydrogen-bond donors (Lipinski definition) is 1. The second kappa shape index (κ2) is 8.88. The van der Waals surface area contributed by atoms with Crippen molar-refractivity contribution in [3.05, 3.63) is 22.3 Å². The zero-order chi connectivity index (χ0) is 20.4. The molecule has 27 heavy (non-hydrogen) atoms. The largest absolute Gasteiger partial charge is 0.507 e. The van der Waals surface area contributed by atoms with E-state index in [1.54, 1.807) is 0 Å². The molecular weight excluding hydrogens is 332 g/mol. The highest BCUT2D eigenvalue weighted by Crippen LogP contribution is 2.47. The summed E-state index contributed by atoms with van der Waals surface area (Å²) in [6.07, 6.45) is 8.81. The Morgan fingerprint density at radius 1 is 0.889 bits per heavy atom. The third kappa shape index (κ3) is 5.00. The van der Waals surface area contributed by atoms with Crippen molar-refractivity contribution < 1.29 is 9.84 Å². The Balaban J connectivity index is 1.91. The molecule has 0 fully saturated rings. The van der Waals surface area contributed by atoms with E-state index in [0.29, 0.717) is 11.7 Å². The first-order valence-corrected chi connectivity index (χ1v) is 11.1. The Morgan fingerprint density at radius 3 is 2.07 bits per heavy atom. The minimum atomic E-state index is -0.154. The SMILES string of the molecule is Cc1c(C)c2c(c(C)c1O)CC(C)(C(C)CCCC(C)CCCC(C)C)O2. The minimum Gasteiger partial charge on any atom is -0.507 e. The molecule has 0 aromatic heterocycles. The summed E-state index contributed by atoms with van der Waals surface area (Å²) in [6, 6.07) is 0. The standard InChI is InChI=1S/C25H42O2/c1-16(2)11-9-12-17(3)13-10-14-18(4)25(8)15-22-21(7)23(26)19(5)20(6)24(22)27-25/h16-18,26H,9-15H2,1-8H3. The first-order valence-electron chi connectivity index (χ1n) is 11.1. The maximum absolute atomic E-state index is 10.4. The van der Waals surface area contributed by atoms with E-state index in [0.717, 1.165) is 40.7 Å². The van der Waals surface area contributed by atoms with E-state index in [9.17, 15) is 5.11 Å². The van der Waals surface area contributed by atoms with E-state index in [-0.39, 0.29) is 5.60 Å². The molecule has 0 saturated heterocycles. The Hall–Kier alpha value is -1.18. The van der Waals surface area contributed by atoms with E-state index >= 15 is 0 Å². The first kappa shape index (κ1) is 22.1. The molecule has 1 N–H and O–H groups in total. The lowest BCUT2D eigenvalue weighted by Gasteiger charge is -2.31. The quantitative estimate of drug-likeness (QED) is 0.492. The molecule has 1 aromatic rings. The number of rotatable bonds is 9. The number of ether oxygens (including phenoxy) is 1. The fourth-order valence-electron chi connectivity index (χ4n) is 4.51. The summed E-state index contributed by atoms with van der Waals surface area (Å²) in [5.74, 6) is 3.64. The molecule has 3 unspecified atom stereocenters. The average Bonchev–Trinajstić information content (AvgIpc) is 2.97. The van der Waals surface area contributed by atoms with Crippen molar-refractivity contribution in [3.8, 4) is 11.5 Å². The molecule has 1 aromatic carbocycles. The Bertz CT molecular complexity index is 607. The maximum atomic E-state index is 10.4. The third-order valence-electron chi connectivity index (χ3n) is 7.06. The van der Waals surface area contributed by atoms with Crippen LogP contribution in [0.4, 0.5) is 0 Å². The monoisotopic (exact) mass is 374 g/mol. The molecule has 1 aliphatic heterocycles. The topological polar surface area (TPSA) is 29.5 Å². The second-order valence-corrected chi connectivity index (χ2v) is 9.88. The van der Waals surface area contributed by atoms with E-state index in [2.05, 4.69) is 41.5 Å². The highest BCUT2D eigenvalue weighted by Gasteiger charge is 2.41. The van der Waals surface area contributed by atoms with Gasteiger partial charge in [-0.1, -0.05) is 59.8 Å². The van der Waals surface area contributed by atoms with Crippen molar-refractivity contribution in [2.45, 2.75) is 106 Å². The highest BCUT2D eigenvalue weighted by molar-refractivity contribution is 5.59. The van der Waals surface area contributed by atoms with Gasteiger partial charge in [0.15, 0.2) is 0 Å². The second-order valence-electron chi connectivity index (χ2n) is 9.88. The lowest BCUT2D eigenvalue weighted by molar-refractivity contribution is 0.0496. The number of benzene rings is 1. The number of phenols is 1.